The minimum absolute atomic E-state index is 0.0165. The predicted molar refractivity (Wildman–Crippen MR) is 45.7 cm³/mol. The first-order chi connectivity index (χ1) is 6.57. The molecule has 0 radical (unpaired) electrons. The Labute approximate surface area is 81.9 Å². The quantitative estimate of drug-likeness (QED) is 0.564. The van der Waals surface area contributed by atoms with Gasteiger partial charge in [0.05, 0.1) is 12.6 Å². The van der Waals surface area contributed by atoms with Gasteiger partial charge in [0, 0.05) is 0 Å². The maximum absolute atomic E-state index is 11.2. The zero-order valence-corrected chi connectivity index (χ0v) is 8.23. The highest BCUT2D eigenvalue weighted by Crippen LogP contribution is 2.38. The first-order valence-electron chi connectivity index (χ1n) is 4.86. The number of carbonyl (C=O) groups is 1. The summed E-state index contributed by atoms with van der Waals surface area (Å²) in [4.78, 5) is 12.9. The van der Waals surface area contributed by atoms with Gasteiger partial charge in [-0.3, -0.25) is 4.90 Å². The summed E-state index contributed by atoms with van der Waals surface area (Å²) in [5.74, 6) is -0.521. The molecule has 5 heteroatoms. The third-order valence-electron chi connectivity index (χ3n) is 2.99. The molecule has 0 aromatic rings. The Morgan fingerprint density at radius 3 is 3.00 bits per heavy atom. The van der Waals surface area contributed by atoms with E-state index in [1.807, 2.05) is 13.8 Å². The molecule has 0 aromatic heterocycles. The number of carbonyl (C=O) groups excluding carboxylic acids is 1. The molecule has 0 saturated carbocycles. The van der Waals surface area contributed by atoms with Crippen LogP contribution in [0.1, 0.15) is 13.8 Å². The number of cyclic esters (lactones) is 1. The van der Waals surface area contributed by atoms with E-state index < -0.39 is 5.79 Å². The highest BCUT2D eigenvalue weighted by molar-refractivity contribution is 5.71. The van der Waals surface area contributed by atoms with Crippen molar-refractivity contribution in [2.75, 3.05) is 13.2 Å². The molecule has 0 aromatic carbocycles. The van der Waals surface area contributed by atoms with E-state index in [1.165, 1.54) is 0 Å². The van der Waals surface area contributed by atoms with Crippen molar-refractivity contribution in [3.63, 3.8) is 0 Å². The monoisotopic (exact) mass is 199 g/mol. The first kappa shape index (κ1) is 8.49. The van der Waals surface area contributed by atoms with Crippen LogP contribution in [0.4, 0.5) is 4.79 Å². The fraction of sp³-hybridized carbons (Fsp3) is 0.889. The summed E-state index contributed by atoms with van der Waals surface area (Å²) in [5.41, 5.74) is 0. The van der Waals surface area contributed by atoms with E-state index in [0.717, 1.165) is 0 Å². The van der Waals surface area contributed by atoms with E-state index >= 15 is 0 Å². The van der Waals surface area contributed by atoms with Crippen molar-refractivity contribution in [3.05, 3.63) is 0 Å². The number of nitrogens with zero attached hydrogens (tertiary/aromatic N) is 1. The first-order valence-corrected chi connectivity index (χ1v) is 4.86. The Morgan fingerprint density at radius 2 is 2.21 bits per heavy atom. The van der Waals surface area contributed by atoms with Crippen LogP contribution < -0.4 is 0 Å². The topological polar surface area (TPSA) is 48.0 Å². The van der Waals surface area contributed by atoms with Gasteiger partial charge in [-0.2, -0.15) is 0 Å². The molecule has 0 bridgehead atoms. The maximum atomic E-state index is 11.2. The van der Waals surface area contributed by atoms with Gasteiger partial charge < -0.3 is 14.2 Å². The number of rotatable bonds is 0. The molecule has 1 amide bonds. The van der Waals surface area contributed by atoms with Gasteiger partial charge >= 0.3 is 6.09 Å². The molecular formula is C9H13NO4. The van der Waals surface area contributed by atoms with Crippen molar-refractivity contribution in [1.82, 2.24) is 4.90 Å². The zero-order chi connectivity index (χ0) is 9.92. The normalized spacial score (nSPS) is 43.7. The van der Waals surface area contributed by atoms with E-state index in [0.29, 0.717) is 13.2 Å². The summed E-state index contributed by atoms with van der Waals surface area (Å²) in [7, 11) is 0. The maximum Gasteiger partial charge on any atom is 0.410 e. The molecule has 0 unspecified atom stereocenters. The third kappa shape index (κ3) is 0.994. The van der Waals surface area contributed by atoms with Gasteiger partial charge in [-0.05, 0) is 13.8 Å². The van der Waals surface area contributed by atoms with E-state index in [2.05, 4.69) is 0 Å². The molecule has 3 aliphatic rings. The lowest BCUT2D eigenvalue weighted by atomic mass is 10.1. The lowest BCUT2D eigenvalue weighted by Crippen LogP contribution is -2.36. The van der Waals surface area contributed by atoms with E-state index in [-0.39, 0.29) is 24.3 Å². The highest BCUT2D eigenvalue weighted by atomic mass is 16.8. The third-order valence-corrected chi connectivity index (χ3v) is 2.99. The van der Waals surface area contributed by atoms with E-state index in [9.17, 15) is 4.79 Å². The van der Waals surface area contributed by atoms with Gasteiger partial charge in [0.2, 0.25) is 0 Å². The lowest BCUT2D eigenvalue weighted by molar-refractivity contribution is -0.157. The van der Waals surface area contributed by atoms with Crippen LogP contribution in [-0.2, 0) is 14.2 Å². The second kappa shape index (κ2) is 2.41. The van der Waals surface area contributed by atoms with Crippen molar-refractivity contribution >= 4 is 6.09 Å². The summed E-state index contributed by atoms with van der Waals surface area (Å²) in [5, 5.41) is 0. The van der Waals surface area contributed by atoms with E-state index in [4.69, 9.17) is 14.2 Å². The van der Waals surface area contributed by atoms with Gasteiger partial charge in [0.25, 0.3) is 0 Å². The molecule has 3 aliphatic heterocycles. The van der Waals surface area contributed by atoms with Crippen LogP contribution in [0, 0.1) is 0 Å². The molecule has 0 aliphatic carbocycles. The molecule has 0 spiro atoms. The molecule has 0 N–H and O–H groups in total. The number of hydrogen-bond acceptors (Lipinski definition) is 4. The second-order valence-corrected chi connectivity index (χ2v) is 4.44. The van der Waals surface area contributed by atoms with Crippen LogP contribution >= 0.6 is 0 Å². The molecule has 14 heavy (non-hydrogen) atoms. The molecular weight excluding hydrogens is 186 g/mol. The fourth-order valence-electron chi connectivity index (χ4n) is 2.47. The van der Waals surface area contributed by atoms with Crippen LogP contribution in [0.5, 0.6) is 0 Å². The summed E-state index contributed by atoms with van der Waals surface area (Å²) < 4.78 is 16.4. The van der Waals surface area contributed by atoms with Crippen molar-refractivity contribution in [3.8, 4) is 0 Å². The fourth-order valence-corrected chi connectivity index (χ4v) is 2.47. The zero-order valence-electron chi connectivity index (χ0n) is 8.23. The molecule has 78 valence electrons. The predicted octanol–water partition coefficient (Wildman–Crippen LogP) is 0.341. The van der Waals surface area contributed by atoms with E-state index in [1.54, 1.807) is 4.90 Å². The summed E-state index contributed by atoms with van der Waals surface area (Å²) in [6, 6.07) is 0.0503. The second-order valence-electron chi connectivity index (χ2n) is 4.44. The molecule has 3 saturated heterocycles. The van der Waals surface area contributed by atoms with Gasteiger partial charge in [-0.1, -0.05) is 0 Å². The number of fused-ring (bicyclic) bond motifs is 3. The standard InChI is InChI=1S/C9H13NO4/c1-9(2)13-6-3-10-5(7(6)14-9)4-12-8(10)11/h5-7H,3-4H2,1-2H3/t5-,6-,7+/m1/s1. The highest BCUT2D eigenvalue weighted by Gasteiger charge is 2.56. The Morgan fingerprint density at radius 1 is 1.43 bits per heavy atom. The summed E-state index contributed by atoms with van der Waals surface area (Å²) in [6.45, 7) is 4.82. The summed E-state index contributed by atoms with van der Waals surface area (Å²) >= 11 is 0. The van der Waals surface area contributed by atoms with Crippen LogP contribution in [0.15, 0.2) is 0 Å². The molecule has 3 fully saturated rings. The largest absolute Gasteiger partial charge is 0.447 e. The smallest absolute Gasteiger partial charge is 0.410 e. The van der Waals surface area contributed by atoms with Crippen molar-refractivity contribution in [2.24, 2.45) is 0 Å². The number of hydrogen-bond donors (Lipinski definition) is 0. The van der Waals surface area contributed by atoms with Gasteiger partial charge in [0.1, 0.15) is 18.8 Å². The Hall–Kier alpha value is -0.810. The minimum Gasteiger partial charge on any atom is -0.447 e. The number of amides is 1. The number of ether oxygens (including phenoxy) is 3. The Bertz CT molecular complexity index is 291. The minimum atomic E-state index is -0.521. The van der Waals surface area contributed by atoms with Gasteiger partial charge in [-0.15, -0.1) is 0 Å². The van der Waals surface area contributed by atoms with Crippen LogP contribution in [0.25, 0.3) is 0 Å². The van der Waals surface area contributed by atoms with Gasteiger partial charge in [0.15, 0.2) is 5.79 Å². The molecule has 5 nitrogen and oxygen atoms in total. The molecule has 3 atom stereocenters. The average molecular weight is 199 g/mol. The average Bonchev–Trinajstić information content (AvgIpc) is 2.63. The van der Waals surface area contributed by atoms with Crippen LogP contribution in [-0.4, -0.2) is 48.2 Å². The van der Waals surface area contributed by atoms with Crippen LogP contribution in [0.2, 0.25) is 0 Å². The molecule has 3 heterocycles. The Balaban J connectivity index is 1.83. The molecule has 3 rings (SSSR count). The van der Waals surface area contributed by atoms with Crippen LogP contribution in [0.3, 0.4) is 0 Å². The SMILES string of the molecule is CC1(C)O[C@H]2[C@H]3COC(=O)N3C[C@H]2O1. The Kier molecular flexibility index (Phi) is 1.46. The lowest BCUT2D eigenvalue weighted by Gasteiger charge is -2.22. The van der Waals surface area contributed by atoms with Crippen molar-refractivity contribution < 1.29 is 19.0 Å². The van der Waals surface area contributed by atoms with Gasteiger partial charge in [-0.25, -0.2) is 4.79 Å². The summed E-state index contributed by atoms with van der Waals surface area (Å²) in [6.07, 6.45) is -0.242. The van der Waals surface area contributed by atoms with Crippen molar-refractivity contribution in [2.45, 2.75) is 37.9 Å². The van der Waals surface area contributed by atoms with Crippen molar-refractivity contribution in [1.29, 1.82) is 0 Å².